The topological polar surface area (TPSA) is 430 Å². The highest BCUT2D eigenvalue weighted by Gasteiger charge is 2.62. The monoisotopic (exact) mass is 1400 g/mol. The second-order valence-corrected chi connectivity index (χ2v) is 34.2. The van der Waals surface area contributed by atoms with Gasteiger partial charge < -0.3 is 88.1 Å². The summed E-state index contributed by atoms with van der Waals surface area (Å²) in [5.74, 6) is 12.5. The predicted octanol–water partition coefficient (Wildman–Crippen LogP) is 0.930. The Labute approximate surface area is 571 Å². The number of imidazole rings is 2. The van der Waals surface area contributed by atoms with Crippen LogP contribution < -0.4 is 34.0 Å². The van der Waals surface area contributed by atoms with Gasteiger partial charge in [0.05, 0.1) is 6.61 Å². The van der Waals surface area contributed by atoms with Crippen LogP contribution in [0.4, 0.5) is 11.6 Å². The minimum atomic E-state index is -2.38. The quantitative estimate of drug-likeness (QED) is 0.0624. The first-order chi connectivity index (χ1) is 47.1. The minimum absolute atomic E-state index is 0.0365. The zero-order valence-electron chi connectivity index (χ0n) is 57.2. The molecule has 0 unspecified atom stereocenters. The van der Waals surface area contributed by atoms with Gasteiger partial charge in [-0.25, -0.2) is 39.5 Å². The number of nitrogen functional groups attached to an aromatic ring is 2. The summed E-state index contributed by atoms with van der Waals surface area (Å²) >= 11 is 0. The molecule has 0 aliphatic carbocycles. The van der Waals surface area contributed by atoms with Crippen LogP contribution in [0.3, 0.4) is 0 Å². The van der Waals surface area contributed by atoms with Gasteiger partial charge in [-0.2, -0.15) is 0 Å². The molecule has 8 saturated heterocycles. The van der Waals surface area contributed by atoms with E-state index >= 15 is 0 Å². The van der Waals surface area contributed by atoms with Crippen molar-refractivity contribution in [3.05, 3.63) is 90.0 Å². The van der Waals surface area contributed by atoms with E-state index in [4.69, 9.17) is 82.7 Å². The van der Waals surface area contributed by atoms with E-state index in [1.54, 1.807) is 46.1 Å². The number of aliphatic hydroxyl groups excluding tert-OH is 3. The number of H-pyrrole nitrogens is 2. The molecule has 6 aromatic heterocycles. The Balaban J connectivity index is 0.755. The van der Waals surface area contributed by atoms with Crippen LogP contribution in [0.25, 0.3) is 22.3 Å². The van der Waals surface area contributed by atoms with Gasteiger partial charge in [0.25, 0.3) is 11.1 Å². The van der Waals surface area contributed by atoms with Crippen LogP contribution in [-0.2, 0) is 61.3 Å². The number of rotatable bonds is 13. The summed E-state index contributed by atoms with van der Waals surface area (Å²) in [6.45, 7) is 27.1. The van der Waals surface area contributed by atoms with E-state index in [1.165, 1.54) is 23.4 Å². The van der Waals surface area contributed by atoms with Crippen LogP contribution in [0.1, 0.15) is 139 Å². The van der Waals surface area contributed by atoms with Crippen molar-refractivity contribution in [1.29, 1.82) is 0 Å². The summed E-state index contributed by atoms with van der Waals surface area (Å²) in [6, 6.07) is 2.13. The summed E-state index contributed by atoms with van der Waals surface area (Å²) in [5, 5.41) is 36.4. The first-order valence-corrected chi connectivity index (χ1v) is 35.2. The van der Waals surface area contributed by atoms with Gasteiger partial charge in [-0.1, -0.05) is 59.3 Å². The number of nitrogens with one attached hydrogen (secondary N) is 2. The molecule has 0 radical (unpaired) electrons. The highest BCUT2D eigenvalue weighted by atomic mass is 28.4. The molecule has 8 aliphatic rings. The molecule has 34 nitrogen and oxygen atoms in total. The van der Waals surface area contributed by atoms with Crippen LogP contribution in [0, 0.1) is 35.5 Å². The smallest absolute Gasteiger partial charge is 0.331 e. The Morgan fingerprint density at radius 1 is 0.520 bits per heavy atom. The number of ether oxygens (including phenoxy) is 12. The fourth-order valence-electron chi connectivity index (χ4n) is 15.6. The van der Waals surface area contributed by atoms with Crippen molar-refractivity contribution in [3.8, 4) is 35.5 Å². The fraction of sp³-hybridized carbons (Fsp3) is 0.631. The number of hydrogen-bond acceptors (Lipinski definition) is 28. The van der Waals surface area contributed by atoms with E-state index in [2.05, 4.69) is 107 Å². The lowest BCUT2D eigenvalue weighted by Crippen LogP contribution is -2.50. The molecule has 0 spiro atoms. The van der Waals surface area contributed by atoms with Crippen LogP contribution in [0.15, 0.2) is 50.2 Å². The maximum Gasteiger partial charge on any atom is 0.331 e. The molecule has 14 rings (SSSR count). The van der Waals surface area contributed by atoms with Gasteiger partial charge >= 0.3 is 11.4 Å². The summed E-state index contributed by atoms with van der Waals surface area (Å²) in [7, 11) is -2.38. The van der Waals surface area contributed by atoms with E-state index in [9.17, 15) is 34.5 Å². The second kappa shape index (κ2) is 25.1. The number of aromatic nitrogens is 12. The summed E-state index contributed by atoms with van der Waals surface area (Å²) in [5.41, 5.74) is 11.0. The lowest BCUT2D eigenvalue weighted by Gasteiger charge is -2.43. The van der Waals surface area contributed by atoms with E-state index in [1.807, 2.05) is 13.8 Å². The molecule has 534 valence electrons. The zero-order valence-corrected chi connectivity index (χ0v) is 58.2. The van der Waals surface area contributed by atoms with E-state index in [-0.39, 0.29) is 52.3 Å². The second-order valence-electron chi connectivity index (χ2n) is 28.8. The maximum absolute atomic E-state index is 14.1. The first kappa shape index (κ1) is 69.4. The van der Waals surface area contributed by atoms with Gasteiger partial charge in [-0.05, 0) is 89.8 Å². The van der Waals surface area contributed by atoms with Crippen molar-refractivity contribution in [3.63, 3.8) is 0 Å². The van der Waals surface area contributed by atoms with Gasteiger partial charge in [0.1, 0.15) is 110 Å². The van der Waals surface area contributed by atoms with E-state index in [0.717, 1.165) is 21.3 Å². The van der Waals surface area contributed by atoms with Gasteiger partial charge in [0.2, 0.25) is 0 Å². The molecule has 35 heteroatoms. The molecular formula is C65H80N14O20Si. The molecule has 100 heavy (non-hydrogen) atoms. The first-order valence-electron chi connectivity index (χ1n) is 33.0. The van der Waals surface area contributed by atoms with Crippen molar-refractivity contribution in [2.75, 3.05) is 18.1 Å². The highest BCUT2D eigenvalue weighted by Crippen LogP contribution is 2.50. The van der Waals surface area contributed by atoms with E-state index in [0.29, 0.717) is 22.3 Å². The average Bonchev–Trinajstić information content (AvgIpc) is 1.59. The normalized spacial score (nSPS) is 32.1. The largest absolute Gasteiger partial charge is 0.413 e. The summed E-state index contributed by atoms with van der Waals surface area (Å²) in [4.78, 5) is 83.5. The maximum atomic E-state index is 14.1. The molecule has 9 N–H and O–H groups in total. The number of hydrogen-bond donors (Lipinski definition) is 7. The molecule has 8 aliphatic heterocycles. The third-order valence-corrected chi connectivity index (χ3v) is 25.4. The number of anilines is 2. The van der Waals surface area contributed by atoms with Crippen molar-refractivity contribution >= 4 is 42.3 Å². The molecule has 0 aromatic carbocycles. The number of nitrogens with zero attached hydrogens (tertiary/aromatic N) is 10. The summed E-state index contributed by atoms with van der Waals surface area (Å²) < 4.78 is 89.7. The third kappa shape index (κ3) is 12.1. The molecular weight excluding hydrogens is 1320 g/mol. The molecule has 19 atom stereocenters. The Morgan fingerprint density at radius 2 is 0.910 bits per heavy atom. The van der Waals surface area contributed by atoms with E-state index < -0.39 is 170 Å². The minimum Gasteiger partial charge on any atom is -0.413 e. The van der Waals surface area contributed by atoms with Crippen LogP contribution in [0.2, 0.25) is 16.6 Å². The molecule has 0 bridgehead atoms. The average molecular weight is 1410 g/mol. The molecule has 0 saturated carbocycles. The Hall–Kier alpha value is -7.68. The fourth-order valence-corrected chi connectivity index (χ4v) is 21.1. The van der Waals surface area contributed by atoms with Gasteiger partial charge in [0, 0.05) is 18.3 Å². The third-order valence-electron chi connectivity index (χ3n) is 19.3. The van der Waals surface area contributed by atoms with Gasteiger partial charge in [0.15, 0.2) is 102 Å². The number of fused-ring (bicyclic) bond motifs is 6. The molecule has 0 amide bonds. The van der Waals surface area contributed by atoms with Crippen LogP contribution >= 0.6 is 0 Å². The molecule has 8 fully saturated rings. The standard InChI is InChI=1S/C65H80N14O20Si/c1-27(2)100(28(3)4,29(5)6)87-24-34-44-48(96-62(7,8)92-44)58(88-34)78-35(72-39-52(66)68-25-70-54(39)78)19-17-33(82)43-47-51(99-65(13,14)95-47)59(91-43)79-36(73-40-53(67)69-26-71-55(40)79)20-18-32(81)42-46-50(98-64(11,12)94-46)57(90-42)77-30(23-38(84)75-61(77)86)15-16-31(80)41-45-49(97-63(9,10)93-45)56(89-41)76-22-21-37(83)74-60(76)85/h21-23,25-29,31-34,41-51,56-59,80-82H,24H2,1-14H3,(H2,66,68,70)(H2,67,69,71)(H,74,83,85)(H,75,84,86)/t31-,32-,33-,34-,41-,42-,43-,44-,45-,46-,47-,48-,49-,50-,51-,56-,57-,58-,59-/m1/s1. The van der Waals surface area contributed by atoms with Crippen molar-refractivity contribution in [2.45, 2.75) is 253 Å². The summed E-state index contributed by atoms with van der Waals surface area (Å²) in [6.07, 6.45) is -18.1. The van der Waals surface area contributed by atoms with Crippen molar-refractivity contribution < 1.29 is 76.6 Å². The predicted molar refractivity (Wildman–Crippen MR) is 349 cm³/mol. The van der Waals surface area contributed by atoms with Crippen LogP contribution in [0.5, 0.6) is 0 Å². The highest BCUT2D eigenvalue weighted by molar-refractivity contribution is 6.77. The van der Waals surface area contributed by atoms with Crippen LogP contribution in [-0.4, -0.2) is 203 Å². The zero-order chi connectivity index (χ0) is 71.4. The van der Waals surface area contributed by atoms with Crippen molar-refractivity contribution in [2.24, 2.45) is 0 Å². The Morgan fingerprint density at radius 3 is 1.37 bits per heavy atom. The molecule has 14 heterocycles. The van der Waals surface area contributed by atoms with Gasteiger partial charge in [-0.15, -0.1) is 0 Å². The lowest BCUT2D eigenvalue weighted by molar-refractivity contribution is -0.204. The number of nitrogens with two attached hydrogens (primary N) is 2. The Kier molecular flexibility index (Phi) is 17.4. The number of aliphatic hydroxyl groups is 3. The van der Waals surface area contributed by atoms with Gasteiger partial charge in [-0.3, -0.25) is 37.8 Å². The SMILES string of the molecule is CC(C)[Si](OC[C@H]1O[C@@H](n2c(C#C[C@@H](O)[C@H]3O[C@@H](n4c(C#C[C@@H](O)[C@H]5O[C@@H](n6c(C#C[C@@H](O)[C@H]7O[C@@H](n8ccc(=O)[nH]c8=O)[C@@H]8OC(C)(C)O[C@@H]87)cc(=O)[nH]c6=O)[C@@H]6OC(C)(C)O[C@@H]65)nc5c(N)ncnc54)[C@@H]4OC(C)(C)O[C@@H]43)nc3c(N)ncnc32)[C@@H]2OC(C)(C)O[C@@H]21)(C(C)C)C(C)C. The number of aromatic amines is 2. The lowest BCUT2D eigenvalue weighted by atomic mass is 10.1. The van der Waals surface area contributed by atoms with Crippen molar-refractivity contribution in [1.82, 2.24) is 58.1 Å². The Bertz CT molecular complexity index is 4640. The molecule has 6 aromatic rings.